The Bertz CT molecular complexity index is 686. The number of anilines is 1. The zero-order valence-corrected chi connectivity index (χ0v) is 14.9. The summed E-state index contributed by atoms with van der Waals surface area (Å²) in [5.41, 5.74) is 3.13. The van der Waals surface area contributed by atoms with Crippen molar-refractivity contribution in [3.8, 4) is 0 Å². The molecule has 5 heteroatoms. The molecule has 1 aliphatic rings. The zero-order chi connectivity index (χ0) is 17.6. The molecular formula is C20H25N3O2. The normalized spacial score (nSPS) is 17.4. The van der Waals surface area contributed by atoms with Gasteiger partial charge in [0, 0.05) is 27.1 Å². The van der Waals surface area contributed by atoms with Gasteiger partial charge in [-0.1, -0.05) is 30.3 Å². The predicted molar refractivity (Wildman–Crippen MR) is 98.6 cm³/mol. The Morgan fingerprint density at radius 2 is 2.04 bits per heavy atom. The first-order valence-electron chi connectivity index (χ1n) is 8.70. The molecule has 1 aromatic heterocycles. The van der Waals surface area contributed by atoms with E-state index in [1.165, 1.54) is 5.56 Å². The van der Waals surface area contributed by atoms with E-state index in [0.717, 1.165) is 17.8 Å². The molecule has 3 rings (SSSR count). The maximum atomic E-state index is 12.5. The van der Waals surface area contributed by atoms with Crippen LogP contribution in [0.3, 0.4) is 0 Å². The Morgan fingerprint density at radius 3 is 2.72 bits per heavy atom. The molecule has 5 nitrogen and oxygen atoms in total. The molecule has 0 aliphatic carbocycles. The van der Waals surface area contributed by atoms with Gasteiger partial charge in [0.05, 0.1) is 30.7 Å². The molecule has 1 amide bonds. The van der Waals surface area contributed by atoms with Gasteiger partial charge >= 0.3 is 0 Å². The van der Waals surface area contributed by atoms with Crippen molar-refractivity contribution >= 4 is 11.6 Å². The number of carbonyl (C=O) groups excluding carboxylic acids is 1. The van der Waals surface area contributed by atoms with Crippen molar-refractivity contribution < 1.29 is 9.53 Å². The van der Waals surface area contributed by atoms with Crippen molar-refractivity contribution in [1.29, 1.82) is 0 Å². The van der Waals surface area contributed by atoms with Crippen LogP contribution in [0.1, 0.15) is 23.8 Å². The van der Waals surface area contributed by atoms with Crippen LogP contribution in [0.25, 0.3) is 0 Å². The summed E-state index contributed by atoms with van der Waals surface area (Å²) in [7, 11) is 3.97. The molecule has 0 N–H and O–H groups in total. The highest BCUT2D eigenvalue weighted by Gasteiger charge is 2.26. The van der Waals surface area contributed by atoms with Crippen molar-refractivity contribution in [2.24, 2.45) is 0 Å². The molecule has 1 saturated heterocycles. The van der Waals surface area contributed by atoms with Crippen LogP contribution < -0.4 is 4.90 Å². The monoisotopic (exact) mass is 339 g/mol. The second-order valence-electron chi connectivity index (χ2n) is 6.52. The lowest BCUT2D eigenvalue weighted by atomic mass is 10.1. The van der Waals surface area contributed by atoms with Gasteiger partial charge in [-0.2, -0.15) is 0 Å². The summed E-state index contributed by atoms with van der Waals surface area (Å²) in [5, 5.41) is 0. The van der Waals surface area contributed by atoms with Crippen LogP contribution in [0, 0.1) is 0 Å². The SMILES string of the molecule is CN(C)c1ccc([C@H]2CN(C(=O)CCc3ccccc3)CCO2)nc1. The number of nitrogens with zero attached hydrogens (tertiary/aromatic N) is 3. The van der Waals surface area contributed by atoms with Crippen molar-refractivity contribution in [3.63, 3.8) is 0 Å². The number of pyridine rings is 1. The molecule has 1 aliphatic heterocycles. The molecule has 0 radical (unpaired) electrons. The third-order valence-corrected chi connectivity index (χ3v) is 4.51. The van der Waals surface area contributed by atoms with E-state index >= 15 is 0 Å². The highest BCUT2D eigenvalue weighted by atomic mass is 16.5. The Hall–Kier alpha value is -2.40. The first-order chi connectivity index (χ1) is 12.1. The van der Waals surface area contributed by atoms with Gasteiger partial charge in [-0.15, -0.1) is 0 Å². The number of morpholine rings is 1. The standard InChI is InChI=1S/C20H25N3O2/c1-22(2)17-9-10-18(21-14-17)19-15-23(12-13-25-19)20(24)11-8-16-6-4-3-5-7-16/h3-7,9-10,14,19H,8,11-13,15H2,1-2H3/t19-/m1/s1. The summed E-state index contributed by atoms with van der Waals surface area (Å²) in [6.45, 7) is 1.78. The second-order valence-corrected chi connectivity index (χ2v) is 6.52. The molecule has 25 heavy (non-hydrogen) atoms. The van der Waals surface area contributed by atoms with E-state index in [9.17, 15) is 4.79 Å². The molecule has 0 bridgehead atoms. The average molecular weight is 339 g/mol. The molecule has 1 aromatic carbocycles. The number of hydrogen-bond donors (Lipinski definition) is 0. The molecule has 1 atom stereocenters. The lowest BCUT2D eigenvalue weighted by Gasteiger charge is -2.33. The summed E-state index contributed by atoms with van der Waals surface area (Å²) in [5.74, 6) is 0.182. The number of carbonyl (C=O) groups is 1. The van der Waals surface area contributed by atoms with Gasteiger partial charge in [0.2, 0.25) is 5.91 Å². The van der Waals surface area contributed by atoms with Crippen LogP contribution in [0.15, 0.2) is 48.7 Å². The van der Waals surface area contributed by atoms with Gasteiger partial charge in [0.25, 0.3) is 0 Å². The molecular weight excluding hydrogens is 314 g/mol. The van der Waals surface area contributed by atoms with Gasteiger partial charge in [-0.3, -0.25) is 9.78 Å². The lowest BCUT2D eigenvalue weighted by molar-refractivity contribution is -0.139. The van der Waals surface area contributed by atoms with Gasteiger partial charge in [-0.05, 0) is 24.1 Å². The van der Waals surface area contributed by atoms with E-state index in [1.807, 2.05) is 60.4 Å². The summed E-state index contributed by atoms with van der Waals surface area (Å²) >= 11 is 0. The molecule has 1 fully saturated rings. The number of benzene rings is 1. The predicted octanol–water partition coefficient (Wildman–Crippen LogP) is 2.68. The molecule has 132 valence electrons. The summed E-state index contributed by atoms with van der Waals surface area (Å²) in [6.07, 6.45) is 3.00. The number of hydrogen-bond acceptors (Lipinski definition) is 4. The van der Waals surface area contributed by atoms with Gasteiger partial charge in [0.1, 0.15) is 6.10 Å². The quantitative estimate of drug-likeness (QED) is 0.840. The van der Waals surface area contributed by atoms with Crippen LogP contribution in [0.4, 0.5) is 5.69 Å². The molecule has 2 aromatic rings. The Kier molecular flexibility index (Phi) is 5.66. The van der Waals surface area contributed by atoms with E-state index in [-0.39, 0.29) is 12.0 Å². The van der Waals surface area contributed by atoms with E-state index in [4.69, 9.17) is 4.74 Å². The van der Waals surface area contributed by atoms with Crippen LogP contribution >= 0.6 is 0 Å². The topological polar surface area (TPSA) is 45.7 Å². The third-order valence-electron chi connectivity index (χ3n) is 4.51. The van der Waals surface area contributed by atoms with Gasteiger partial charge in [0.15, 0.2) is 0 Å². The molecule has 0 unspecified atom stereocenters. The first-order valence-corrected chi connectivity index (χ1v) is 8.70. The molecule has 0 saturated carbocycles. The second kappa shape index (κ2) is 8.12. The van der Waals surface area contributed by atoms with Crippen molar-refractivity contribution in [2.45, 2.75) is 18.9 Å². The van der Waals surface area contributed by atoms with Crippen LogP contribution in [-0.2, 0) is 16.0 Å². The Balaban J connectivity index is 1.57. The maximum absolute atomic E-state index is 12.5. The van der Waals surface area contributed by atoms with Gasteiger partial charge < -0.3 is 14.5 Å². The fraction of sp³-hybridized carbons (Fsp3) is 0.400. The maximum Gasteiger partial charge on any atom is 0.223 e. The minimum atomic E-state index is -0.148. The van der Waals surface area contributed by atoms with Crippen LogP contribution in [0.5, 0.6) is 0 Å². The smallest absolute Gasteiger partial charge is 0.223 e. The van der Waals surface area contributed by atoms with Crippen LogP contribution in [-0.4, -0.2) is 49.6 Å². The van der Waals surface area contributed by atoms with Crippen molar-refractivity contribution in [1.82, 2.24) is 9.88 Å². The summed E-state index contributed by atoms with van der Waals surface area (Å²) in [4.78, 5) is 21.0. The van der Waals surface area contributed by atoms with E-state index < -0.39 is 0 Å². The van der Waals surface area contributed by atoms with Crippen LogP contribution in [0.2, 0.25) is 0 Å². The molecule has 2 heterocycles. The Morgan fingerprint density at radius 1 is 1.24 bits per heavy atom. The van der Waals surface area contributed by atoms with Gasteiger partial charge in [-0.25, -0.2) is 0 Å². The average Bonchev–Trinajstić information content (AvgIpc) is 2.67. The third kappa shape index (κ3) is 4.57. The largest absolute Gasteiger partial charge is 0.376 e. The zero-order valence-electron chi connectivity index (χ0n) is 14.9. The highest BCUT2D eigenvalue weighted by molar-refractivity contribution is 5.76. The summed E-state index contributed by atoms with van der Waals surface area (Å²) < 4.78 is 5.84. The number of ether oxygens (including phenoxy) is 1. The first kappa shape index (κ1) is 17.4. The van der Waals surface area contributed by atoms with E-state index in [0.29, 0.717) is 26.1 Å². The fourth-order valence-electron chi connectivity index (χ4n) is 2.96. The number of amides is 1. The minimum Gasteiger partial charge on any atom is -0.376 e. The fourth-order valence-corrected chi connectivity index (χ4v) is 2.96. The Labute approximate surface area is 149 Å². The highest BCUT2D eigenvalue weighted by Crippen LogP contribution is 2.22. The minimum absolute atomic E-state index is 0.148. The van der Waals surface area contributed by atoms with E-state index in [1.54, 1.807) is 0 Å². The van der Waals surface area contributed by atoms with E-state index in [2.05, 4.69) is 17.1 Å². The van der Waals surface area contributed by atoms with Crippen molar-refractivity contribution in [3.05, 3.63) is 59.9 Å². The molecule has 0 spiro atoms. The van der Waals surface area contributed by atoms with Crippen molar-refractivity contribution in [2.75, 3.05) is 38.7 Å². The lowest BCUT2D eigenvalue weighted by Crippen LogP contribution is -2.42. The number of rotatable bonds is 5. The number of aromatic nitrogens is 1. The number of aryl methyl sites for hydroxylation is 1. The summed E-state index contributed by atoms with van der Waals surface area (Å²) in [6, 6.07) is 14.1.